The standard InChI is InChI=1S/C9H9BrN4S/c1-6-13-14-9(15-6)12-5-8-3-2-7(10)4-11-8/h2-4H,5H2,1H3,(H,12,14). The molecule has 2 aromatic heterocycles. The van der Waals surface area contributed by atoms with Crippen LogP contribution in [0, 0.1) is 6.92 Å². The van der Waals surface area contributed by atoms with E-state index in [9.17, 15) is 0 Å². The number of pyridine rings is 1. The summed E-state index contributed by atoms with van der Waals surface area (Å²) in [6.45, 7) is 2.60. The Morgan fingerprint density at radius 3 is 2.87 bits per heavy atom. The van der Waals surface area contributed by atoms with Crippen LogP contribution in [0.4, 0.5) is 5.13 Å². The lowest BCUT2D eigenvalue weighted by Crippen LogP contribution is -2.00. The third-order valence-corrected chi connectivity index (χ3v) is 3.00. The normalized spacial score (nSPS) is 10.3. The molecule has 2 heterocycles. The van der Waals surface area contributed by atoms with E-state index in [1.165, 1.54) is 11.3 Å². The Bertz CT molecular complexity index is 440. The van der Waals surface area contributed by atoms with Crippen molar-refractivity contribution in [1.82, 2.24) is 15.2 Å². The first-order valence-electron chi connectivity index (χ1n) is 4.38. The number of halogens is 1. The fourth-order valence-electron chi connectivity index (χ4n) is 1.05. The van der Waals surface area contributed by atoms with E-state index in [4.69, 9.17) is 0 Å². The molecule has 0 saturated carbocycles. The van der Waals surface area contributed by atoms with Gasteiger partial charge in [0, 0.05) is 10.7 Å². The lowest BCUT2D eigenvalue weighted by molar-refractivity contribution is 0.998. The van der Waals surface area contributed by atoms with Crippen LogP contribution < -0.4 is 5.32 Å². The van der Waals surface area contributed by atoms with E-state index < -0.39 is 0 Å². The van der Waals surface area contributed by atoms with Gasteiger partial charge in [0.05, 0.1) is 12.2 Å². The summed E-state index contributed by atoms with van der Waals surface area (Å²) in [7, 11) is 0. The zero-order chi connectivity index (χ0) is 10.7. The Labute approximate surface area is 99.9 Å². The van der Waals surface area contributed by atoms with Gasteiger partial charge in [-0.25, -0.2) is 0 Å². The molecule has 0 unspecified atom stereocenters. The summed E-state index contributed by atoms with van der Waals surface area (Å²) in [5.41, 5.74) is 0.978. The smallest absolute Gasteiger partial charge is 0.205 e. The van der Waals surface area contributed by atoms with Gasteiger partial charge >= 0.3 is 0 Å². The molecule has 0 spiro atoms. The minimum Gasteiger partial charge on any atom is -0.354 e. The predicted octanol–water partition coefficient (Wildman–Crippen LogP) is 2.62. The van der Waals surface area contributed by atoms with Crippen LogP contribution in [-0.4, -0.2) is 15.2 Å². The van der Waals surface area contributed by atoms with Gasteiger partial charge in [-0.3, -0.25) is 4.98 Å². The van der Waals surface area contributed by atoms with Gasteiger partial charge in [0.2, 0.25) is 5.13 Å². The Hall–Kier alpha value is -1.01. The second-order valence-electron chi connectivity index (χ2n) is 2.95. The van der Waals surface area contributed by atoms with E-state index >= 15 is 0 Å². The monoisotopic (exact) mass is 284 g/mol. The molecule has 2 aromatic rings. The molecule has 2 rings (SSSR count). The summed E-state index contributed by atoms with van der Waals surface area (Å²) in [5, 5.41) is 12.8. The zero-order valence-electron chi connectivity index (χ0n) is 8.07. The summed E-state index contributed by atoms with van der Waals surface area (Å²) in [5.74, 6) is 0. The lowest BCUT2D eigenvalue weighted by Gasteiger charge is -2.00. The molecule has 0 aliphatic heterocycles. The number of rotatable bonds is 3. The first-order valence-corrected chi connectivity index (χ1v) is 5.99. The Balaban J connectivity index is 1.96. The van der Waals surface area contributed by atoms with Crippen molar-refractivity contribution in [2.45, 2.75) is 13.5 Å². The Morgan fingerprint density at radius 2 is 2.27 bits per heavy atom. The van der Waals surface area contributed by atoms with Gasteiger partial charge in [-0.15, -0.1) is 10.2 Å². The molecule has 0 fully saturated rings. The third-order valence-electron chi connectivity index (χ3n) is 1.74. The maximum absolute atomic E-state index is 4.25. The first-order chi connectivity index (χ1) is 7.24. The topological polar surface area (TPSA) is 50.7 Å². The highest BCUT2D eigenvalue weighted by molar-refractivity contribution is 9.10. The Morgan fingerprint density at radius 1 is 1.40 bits per heavy atom. The molecule has 6 heteroatoms. The van der Waals surface area contributed by atoms with Crippen molar-refractivity contribution < 1.29 is 0 Å². The fraction of sp³-hybridized carbons (Fsp3) is 0.222. The summed E-state index contributed by atoms with van der Waals surface area (Å²) in [4.78, 5) is 4.25. The van der Waals surface area contributed by atoms with Crippen LogP contribution in [-0.2, 0) is 6.54 Å². The molecule has 0 amide bonds. The Kier molecular flexibility index (Phi) is 3.27. The molecule has 78 valence electrons. The zero-order valence-corrected chi connectivity index (χ0v) is 10.5. The van der Waals surface area contributed by atoms with Crippen LogP contribution in [0.15, 0.2) is 22.8 Å². The fourth-order valence-corrected chi connectivity index (χ4v) is 1.87. The molecule has 1 N–H and O–H groups in total. The van der Waals surface area contributed by atoms with Crippen LogP contribution >= 0.6 is 27.3 Å². The molecule has 0 radical (unpaired) electrons. The van der Waals surface area contributed by atoms with E-state index in [0.717, 1.165) is 20.3 Å². The van der Waals surface area contributed by atoms with Gasteiger partial charge in [-0.2, -0.15) is 0 Å². The van der Waals surface area contributed by atoms with Crippen molar-refractivity contribution in [3.8, 4) is 0 Å². The molecular weight excluding hydrogens is 276 g/mol. The van der Waals surface area contributed by atoms with Crippen molar-refractivity contribution >= 4 is 32.4 Å². The minimum absolute atomic E-state index is 0.669. The number of hydrogen-bond donors (Lipinski definition) is 1. The van der Waals surface area contributed by atoms with Gasteiger partial charge in [-0.1, -0.05) is 11.3 Å². The number of aromatic nitrogens is 3. The molecule has 0 saturated heterocycles. The van der Waals surface area contributed by atoms with Crippen LogP contribution in [0.2, 0.25) is 0 Å². The van der Waals surface area contributed by atoms with Gasteiger partial charge in [0.25, 0.3) is 0 Å². The molecule has 0 bridgehead atoms. The minimum atomic E-state index is 0.669. The summed E-state index contributed by atoms with van der Waals surface area (Å²) >= 11 is 4.88. The van der Waals surface area contributed by atoms with E-state index in [2.05, 4.69) is 36.4 Å². The summed E-state index contributed by atoms with van der Waals surface area (Å²) in [6, 6.07) is 3.93. The van der Waals surface area contributed by atoms with Crippen molar-refractivity contribution in [2.24, 2.45) is 0 Å². The van der Waals surface area contributed by atoms with E-state index in [1.54, 1.807) is 6.20 Å². The van der Waals surface area contributed by atoms with Crippen molar-refractivity contribution in [1.29, 1.82) is 0 Å². The lowest BCUT2D eigenvalue weighted by atomic mass is 10.3. The number of anilines is 1. The highest BCUT2D eigenvalue weighted by atomic mass is 79.9. The van der Waals surface area contributed by atoms with Crippen molar-refractivity contribution in [3.05, 3.63) is 33.5 Å². The van der Waals surface area contributed by atoms with Crippen LogP contribution in [0.1, 0.15) is 10.7 Å². The van der Waals surface area contributed by atoms with E-state index in [0.29, 0.717) is 6.54 Å². The maximum Gasteiger partial charge on any atom is 0.205 e. The molecular formula is C9H9BrN4S. The van der Waals surface area contributed by atoms with Gasteiger partial charge in [0.15, 0.2) is 0 Å². The first kappa shape index (κ1) is 10.5. The molecule has 0 aromatic carbocycles. The second kappa shape index (κ2) is 4.67. The third kappa shape index (κ3) is 2.97. The van der Waals surface area contributed by atoms with Gasteiger partial charge in [0.1, 0.15) is 5.01 Å². The number of hydrogen-bond acceptors (Lipinski definition) is 5. The largest absolute Gasteiger partial charge is 0.354 e. The summed E-state index contributed by atoms with van der Waals surface area (Å²) < 4.78 is 0.984. The predicted molar refractivity (Wildman–Crippen MR) is 63.9 cm³/mol. The molecule has 0 atom stereocenters. The highest BCUT2D eigenvalue weighted by Crippen LogP contribution is 2.14. The molecule has 15 heavy (non-hydrogen) atoms. The number of nitrogens with one attached hydrogen (secondary N) is 1. The number of aryl methyl sites for hydroxylation is 1. The maximum atomic E-state index is 4.25. The molecule has 4 nitrogen and oxygen atoms in total. The van der Waals surface area contributed by atoms with E-state index in [1.807, 2.05) is 19.1 Å². The quantitative estimate of drug-likeness (QED) is 0.941. The summed E-state index contributed by atoms with van der Waals surface area (Å²) in [6.07, 6.45) is 1.78. The average Bonchev–Trinajstić information content (AvgIpc) is 2.64. The highest BCUT2D eigenvalue weighted by Gasteiger charge is 2.00. The van der Waals surface area contributed by atoms with Crippen LogP contribution in [0.25, 0.3) is 0 Å². The molecule has 0 aliphatic carbocycles. The molecule has 0 aliphatic rings. The van der Waals surface area contributed by atoms with E-state index in [-0.39, 0.29) is 0 Å². The van der Waals surface area contributed by atoms with Gasteiger partial charge < -0.3 is 5.32 Å². The number of nitrogens with zero attached hydrogens (tertiary/aromatic N) is 3. The van der Waals surface area contributed by atoms with Gasteiger partial charge in [-0.05, 0) is 35.0 Å². The average molecular weight is 285 g/mol. The second-order valence-corrected chi connectivity index (χ2v) is 5.04. The van der Waals surface area contributed by atoms with Crippen LogP contribution in [0.5, 0.6) is 0 Å². The van der Waals surface area contributed by atoms with Crippen molar-refractivity contribution in [3.63, 3.8) is 0 Å². The van der Waals surface area contributed by atoms with Crippen LogP contribution in [0.3, 0.4) is 0 Å². The van der Waals surface area contributed by atoms with Crippen molar-refractivity contribution in [2.75, 3.05) is 5.32 Å². The SMILES string of the molecule is Cc1nnc(NCc2ccc(Br)cn2)s1.